The highest BCUT2D eigenvalue weighted by Gasteiger charge is 2.18. The van der Waals surface area contributed by atoms with Crippen molar-refractivity contribution in [2.75, 3.05) is 0 Å². The average Bonchev–Trinajstić information content (AvgIpc) is 2.73. The smallest absolute Gasteiger partial charge is 0.342 e. The first kappa shape index (κ1) is 29.4. The molecule has 4 heteroatoms. The van der Waals surface area contributed by atoms with Gasteiger partial charge < -0.3 is 9.52 Å². The van der Waals surface area contributed by atoms with Crippen molar-refractivity contribution in [3.8, 4) is 5.75 Å². The lowest BCUT2D eigenvalue weighted by Crippen LogP contribution is -2.12. The van der Waals surface area contributed by atoms with Gasteiger partial charge in [-0.25, -0.2) is 4.79 Å². The zero-order chi connectivity index (χ0) is 26.2. The second-order valence-electron chi connectivity index (χ2n) is 10.0. The van der Waals surface area contributed by atoms with Crippen molar-refractivity contribution in [2.24, 2.45) is 11.8 Å². The molecule has 0 saturated carbocycles. The number of aromatic hydroxyl groups is 1. The molecule has 0 aliphatic carbocycles. The van der Waals surface area contributed by atoms with Crippen molar-refractivity contribution in [3.63, 3.8) is 0 Å². The Morgan fingerprint density at radius 2 is 1.59 bits per heavy atom. The molecule has 3 unspecified atom stereocenters. The van der Waals surface area contributed by atoms with Gasteiger partial charge in [-0.05, 0) is 65.9 Å². The molecule has 4 nitrogen and oxygen atoms in total. The molecule has 0 spiro atoms. The van der Waals surface area contributed by atoms with Crippen LogP contribution in [-0.2, 0) is 4.79 Å². The third-order valence-electron chi connectivity index (χ3n) is 6.19. The van der Waals surface area contributed by atoms with Crippen LogP contribution in [0, 0.1) is 25.7 Å². The van der Waals surface area contributed by atoms with E-state index >= 15 is 0 Å². The number of allylic oxidation sites excluding steroid dienone is 8. The van der Waals surface area contributed by atoms with Gasteiger partial charge in [0.15, 0.2) is 5.78 Å². The zero-order valence-corrected chi connectivity index (χ0v) is 22.8. The van der Waals surface area contributed by atoms with Crippen LogP contribution in [0.3, 0.4) is 0 Å². The number of ketones is 1. The molecular weight excluding hydrogens is 424 g/mol. The first-order valence-electron chi connectivity index (χ1n) is 12.4. The minimum Gasteiger partial charge on any atom is -0.507 e. The van der Waals surface area contributed by atoms with Crippen molar-refractivity contribution in [1.82, 2.24) is 0 Å². The molecule has 1 aromatic heterocycles. The second kappa shape index (κ2) is 13.3. The summed E-state index contributed by atoms with van der Waals surface area (Å²) in [6, 6.07) is 0. The molecule has 188 valence electrons. The maximum absolute atomic E-state index is 12.5. The number of rotatable bonds is 11. The van der Waals surface area contributed by atoms with Crippen LogP contribution in [0.4, 0.5) is 0 Å². The van der Waals surface area contributed by atoms with Gasteiger partial charge in [0.1, 0.15) is 11.5 Å². The molecule has 1 heterocycles. The van der Waals surface area contributed by atoms with E-state index < -0.39 is 5.63 Å². The fourth-order valence-corrected chi connectivity index (χ4v) is 4.58. The van der Waals surface area contributed by atoms with E-state index in [9.17, 15) is 14.7 Å². The Morgan fingerprint density at radius 3 is 2.18 bits per heavy atom. The Labute approximate surface area is 206 Å². The Morgan fingerprint density at radius 1 is 0.971 bits per heavy atom. The van der Waals surface area contributed by atoms with E-state index in [0.717, 1.165) is 41.6 Å². The number of hydrogen-bond acceptors (Lipinski definition) is 4. The minimum absolute atomic E-state index is 0.0245. The highest BCUT2D eigenvalue weighted by Crippen LogP contribution is 2.31. The Hall–Kier alpha value is -2.62. The summed E-state index contributed by atoms with van der Waals surface area (Å²) in [5.41, 5.74) is 4.67. The Kier molecular flexibility index (Phi) is 11.5. The maximum atomic E-state index is 12.5. The lowest BCUT2D eigenvalue weighted by Gasteiger charge is -2.15. The Bertz CT molecular complexity index is 1050. The van der Waals surface area contributed by atoms with E-state index in [-0.39, 0.29) is 34.8 Å². The van der Waals surface area contributed by atoms with Crippen molar-refractivity contribution in [3.05, 3.63) is 73.9 Å². The van der Waals surface area contributed by atoms with Crippen LogP contribution in [0.5, 0.6) is 5.75 Å². The van der Waals surface area contributed by atoms with Gasteiger partial charge in [0, 0.05) is 17.4 Å². The van der Waals surface area contributed by atoms with Crippen molar-refractivity contribution >= 4 is 5.78 Å². The summed E-state index contributed by atoms with van der Waals surface area (Å²) in [7, 11) is 0. The fraction of sp³-hybridized carbons (Fsp3) is 0.533. The van der Waals surface area contributed by atoms with Crippen LogP contribution in [0.25, 0.3) is 0 Å². The van der Waals surface area contributed by atoms with E-state index in [4.69, 9.17) is 4.42 Å². The summed E-state index contributed by atoms with van der Waals surface area (Å²) in [6.07, 6.45) is 11.2. The monoisotopic (exact) mass is 468 g/mol. The third-order valence-corrected chi connectivity index (χ3v) is 6.19. The molecule has 0 bridgehead atoms. The van der Waals surface area contributed by atoms with Crippen molar-refractivity contribution in [1.29, 1.82) is 0 Å². The van der Waals surface area contributed by atoms with Crippen LogP contribution in [0.2, 0.25) is 0 Å². The molecule has 3 atom stereocenters. The van der Waals surface area contributed by atoms with E-state index in [1.165, 1.54) is 0 Å². The highest BCUT2D eigenvalue weighted by atomic mass is 16.4. The summed E-state index contributed by atoms with van der Waals surface area (Å²) in [5, 5.41) is 10.2. The molecule has 34 heavy (non-hydrogen) atoms. The fourth-order valence-electron chi connectivity index (χ4n) is 4.58. The largest absolute Gasteiger partial charge is 0.507 e. The minimum atomic E-state index is -0.483. The van der Waals surface area contributed by atoms with Gasteiger partial charge in [-0.3, -0.25) is 4.79 Å². The first-order chi connectivity index (χ1) is 15.8. The van der Waals surface area contributed by atoms with E-state index in [1.54, 1.807) is 13.8 Å². The zero-order valence-electron chi connectivity index (χ0n) is 22.8. The molecule has 0 saturated heterocycles. The number of carbonyl (C=O) groups is 1. The number of hydrogen-bond donors (Lipinski definition) is 1. The lowest BCUT2D eigenvalue weighted by atomic mass is 9.93. The number of carbonyl (C=O) groups excluding carboxylic acids is 1. The van der Waals surface area contributed by atoms with Gasteiger partial charge in [-0.2, -0.15) is 0 Å². The maximum Gasteiger partial charge on any atom is 0.342 e. The second-order valence-corrected chi connectivity index (χ2v) is 10.0. The highest BCUT2D eigenvalue weighted by molar-refractivity contribution is 5.96. The predicted molar refractivity (Wildman–Crippen MR) is 142 cm³/mol. The van der Waals surface area contributed by atoms with Crippen LogP contribution in [0.15, 0.2) is 55.8 Å². The van der Waals surface area contributed by atoms with Gasteiger partial charge in [0.2, 0.25) is 0 Å². The molecule has 1 aromatic rings. The summed E-state index contributed by atoms with van der Waals surface area (Å²) >= 11 is 0. The quantitative estimate of drug-likeness (QED) is 0.265. The normalized spacial score (nSPS) is 16.4. The summed E-state index contributed by atoms with van der Waals surface area (Å²) < 4.78 is 5.48. The summed E-state index contributed by atoms with van der Waals surface area (Å²) in [6.45, 7) is 19.7. The van der Waals surface area contributed by atoms with Crippen molar-refractivity contribution in [2.45, 2.75) is 94.4 Å². The van der Waals surface area contributed by atoms with Crippen molar-refractivity contribution < 1.29 is 14.3 Å². The molecule has 1 rings (SSSR count). The molecule has 0 fully saturated rings. The standard InChI is InChI=1S/C30H44O4/c1-11-12-22(6)27(31)23(7)16-20(4)14-18(2)13-19(3)15-21(5)17-24(8)29-25(9)28(32)26(10)30(33)34-29/h13-16,20,22,24,32H,11-12,17H2,1-10H3. The predicted octanol–water partition coefficient (Wildman–Crippen LogP) is 7.88. The molecule has 0 aliphatic rings. The Balaban J connectivity index is 2.92. The van der Waals surface area contributed by atoms with E-state index in [2.05, 4.69) is 58.9 Å². The molecule has 0 aromatic carbocycles. The van der Waals surface area contributed by atoms with Gasteiger partial charge in [-0.15, -0.1) is 0 Å². The number of Topliss-reactive ketones (excluding diaryl/α,β-unsaturated/α-hetero) is 1. The first-order valence-corrected chi connectivity index (χ1v) is 12.4. The average molecular weight is 469 g/mol. The van der Waals surface area contributed by atoms with Crippen LogP contribution in [-0.4, -0.2) is 10.9 Å². The van der Waals surface area contributed by atoms with E-state index in [0.29, 0.717) is 11.3 Å². The summed E-state index contributed by atoms with van der Waals surface area (Å²) in [5.74, 6) is 1.03. The molecule has 0 amide bonds. The lowest BCUT2D eigenvalue weighted by molar-refractivity contribution is -0.118. The van der Waals surface area contributed by atoms with E-state index in [1.807, 2.05) is 20.8 Å². The van der Waals surface area contributed by atoms with Crippen LogP contribution < -0.4 is 5.63 Å². The molecule has 1 N–H and O–H groups in total. The molecule has 0 radical (unpaired) electrons. The molecular formula is C30H44O4. The molecule has 0 aliphatic heterocycles. The topological polar surface area (TPSA) is 67.5 Å². The van der Waals surface area contributed by atoms with Crippen LogP contribution in [0.1, 0.15) is 97.5 Å². The SMILES string of the molecule is CCCC(C)C(=O)C(C)=CC(C)C=C(C)C=C(C)C=C(C)CC(C)c1oc(=O)c(C)c(O)c1C. The van der Waals surface area contributed by atoms with Gasteiger partial charge in [-0.1, -0.05) is 75.1 Å². The summed E-state index contributed by atoms with van der Waals surface area (Å²) in [4.78, 5) is 24.4. The third kappa shape index (κ3) is 8.62. The van der Waals surface area contributed by atoms with Gasteiger partial charge >= 0.3 is 5.63 Å². The van der Waals surface area contributed by atoms with Gasteiger partial charge in [0.05, 0.1) is 5.56 Å². The van der Waals surface area contributed by atoms with Crippen LogP contribution >= 0.6 is 0 Å². The van der Waals surface area contributed by atoms with Gasteiger partial charge in [0.25, 0.3) is 0 Å².